The maximum Gasteiger partial charge on any atom is 0.330 e. The second kappa shape index (κ2) is 9.78. The zero-order valence-electron chi connectivity index (χ0n) is 11.7. The molecule has 1 rings (SSSR count). The second-order valence-corrected chi connectivity index (χ2v) is 4.33. The van der Waals surface area contributed by atoms with Gasteiger partial charge in [-0.1, -0.05) is 36.4 Å². The van der Waals surface area contributed by atoms with Gasteiger partial charge in [-0.25, -0.2) is 4.79 Å². The molecule has 1 aromatic rings. The summed E-state index contributed by atoms with van der Waals surface area (Å²) in [4.78, 5) is 21.9. The van der Waals surface area contributed by atoms with Gasteiger partial charge >= 0.3 is 11.9 Å². The minimum absolute atomic E-state index is 0.259. The standard InChI is InChI=1S/C16H20O4/c1-14(17)19-12-8-3-2-7-11-16(18)20-13-15-9-5-4-6-10-15/h4-7,9-11H,2-3,8,12-13H2,1H3. The Kier molecular flexibility index (Phi) is 7.80. The molecule has 0 aliphatic carbocycles. The lowest BCUT2D eigenvalue weighted by Crippen LogP contribution is -2.01. The molecule has 1 aromatic carbocycles. The molecule has 0 N–H and O–H groups in total. The molecule has 20 heavy (non-hydrogen) atoms. The lowest BCUT2D eigenvalue weighted by Gasteiger charge is -2.01. The van der Waals surface area contributed by atoms with E-state index in [0.717, 1.165) is 24.8 Å². The summed E-state index contributed by atoms with van der Waals surface area (Å²) in [5.74, 6) is -0.598. The van der Waals surface area contributed by atoms with Crippen LogP contribution in [-0.4, -0.2) is 18.5 Å². The van der Waals surface area contributed by atoms with E-state index >= 15 is 0 Å². The van der Waals surface area contributed by atoms with Crippen molar-refractivity contribution in [2.45, 2.75) is 32.8 Å². The van der Waals surface area contributed by atoms with Gasteiger partial charge in [0.15, 0.2) is 0 Å². The molecule has 0 radical (unpaired) electrons. The molecule has 0 aliphatic rings. The van der Waals surface area contributed by atoms with E-state index in [-0.39, 0.29) is 18.5 Å². The molecule has 0 atom stereocenters. The van der Waals surface area contributed by atoms with Gasteiger partial charge < -0.3 is 9.47 Å². The van der Waals surface area contributed by atoms with Crippen LogP contribution in [0.5, 0.6) is 0 Å². The van der Waals surface area contributed by atoms with Crippen LogP contribution in [0.25, 0.3) is 0 Å². The summed E-state index contributed by atoms with van der Waals surface area (Å²) in [6.07, 6.45) is 5.65. The highest BCUT2D eigenvalue weighted by atomic mass is 16.5. The highest BCUT2D eigenvalue weighted by Crippen LogP contribution is 2.02. The monoisotopic (exact) mass is 276 g/mol. The van der Waals surface area contributed by atoms with Gasteiger partial charge in [-0.3, -0.25) is 4.79 Å². The summed E-state index contributed by atoms with van der Waals surface area (Å²) >= 11 is 0. The van der Waals surface area contributed by atoms with Crippen LogP contribution in [0.3, 0.4) is 0 Å². The SMILES string of the molecule is CC(=O)OCCCCC=CC(=O)OCc1ccccc1. The number of hydrogen-bond acceptors (Lipinski definition) is 4. The Balaban J connectivity index is 2.07. The summed E-state index contributed by atoms with van der Waals surface area (Å²) in [6.45, 7) is 2.11. The fraction of sp³-hybridized carbons (Fsp3) is 0.375. The van der Waals surface area contributed by atoms with E-state index in [4.69, 9.17) is 9.47 Å². The summed E-state index contributed by atoms with van der Waals surface area (Å²) < 4.78 is 9.89. The van der Waals surface area contributed by atoms with E-state index in [9.17, 15) is 9.59 Å². The summed E-state index contributed by atoms with van der Waals surface area (Å²) in [5, 5.41) is 0. The zero-order chi connectivity index (χ0) is 14.6. The van der Waals surface area contributed by atoms with Crippen LogP contribution in [0, 0.1) is 0 Å². The van der Waals surface area contributed by atoms with Gasteiger partial charge in [0.05, 0.1) is 6.61 Å². The van der Waals surface area contributed by atoms with Crippen molar-refractivity contribution in [3.05, 3.63) is 48.0 Å². The van der Waals surface area contributed by atoms with Gasteiger partial charge in [0, 0.05) is 13.0 Å². The van der Waals surface area contributed by atoms with Crippen molar-refractivity contribution in [3.8, 4) is 0 Å². The molecule has 0 fully saturated rings. The topological polar surface area (TPSA) is 52.6 Å². The third-order valence-electron chi connectivity index (χ3n) is 2.55. The van der Waals surface area contributed by atoms with Crippen molar-refractivity contribution in [1.82, 2.24) is 0 Å². The van der Waals surface area contributed by atoms with Crippen molar-refractivity contribution < 1.29 is 19.1 Å². The number of ether oxygens (including phenoxy) is 2. The molecule has 0 unspecified atom stereocenters. The number of benzene rings is 1. The molecule has 108 valence electrons. The number of carbonyl (C=O) groups is 2. The fourth-order valence-electron chi connectivity index (χ4n) is 1.54. The second-order valence-electron chi connectivity index (χ2n) is 4.33. The van der Waals surface area contributed by atoms with E-state index in [1.807, 2.05) is 30.3 Å². The molecule has 0 bridgehead atoms. The first kappa shape index (κ1) is 16.0. The van der Waals surface area contributed by atoms with Gasteiger partial charge in [-0.2, -0.15) is 0 Å². The van der Waals surface area contributed by atoms with E-state index in [1.54, 1.807) is 6.08 Å². The minimum Gasteiger partial charge on any atom is -0.466 e. The smallest absolute Gasteiger partial charge is 0.330 e. The molecular weight excluding hydrogens is 256 g/mol. The first-order valence-electron chi connectivity index (χ1n) is 6.69. The average molecular weight is 276 g/mol. The molecule has 0 amide bonds. The summed E-state index contributed by atoms with van der Waals surface area (Å²) in [5.41, 5.74) is 0.968. The summed E-state index contributed by atoms with van der Waals surface area (Å²) in [6, 6.07) is 9.54. The normalized spacial score (nSPS) is 10.4. The van der Waals surface area contributed by atoms with Gasteiger partial charge in [0.2, 0.25) is 0 Å². The van der Waals surface area contributed by atoms with Crippen molar-refractivity contribution in [3.63, 3.8) is 0 Å². The van der Waals surface area contributed by atoms with Gasteiger partial charge in [0.1, 0.15) is 6.61 Å². The highest BCUT2D eigenvalue weighted by Gasteiger charge is 1.97. The molecular formula is C16H20O4. The molecule has 0 saturated carbocycles. The van der Waals surface area contributed by atoms with E-state index in [0.29, 0.717) is 6.61 Å². The number of rotatable bonds is 8. The Morgan fingerprint density at radius 1 is 1.10 bits per heavy atom. The lowest BCUT2D eigenvalue weighted by molar-refractivity contribution is -0.141. The molecule has 0 spiro atoms. The van der Waals surface area contributed by atoms with Crippen LogP contribution in [-0.2, 0) is 25.7 Å². The molecule has 0 saturated heterocycles. The Bertz CT molecular complexity index is 437. The largest absolute Gasteiger partial charge is 0.466 e. The van der Waals surface area contributed by atoms with Crippen LogP contribution in [0.4, 0.5) is 0 Å². The van der Waals surface area contributed by atoms with Crippen LogP contribution in [0.15, 0.2) is 42.5 Å². The maximum atomic E-state index is 11.4. The van der Waals surface area contributed by atoms with Crippen LogP contribution < -0.4 is 0 Å². The zero-order valence-corrected chi connectivity index (χ0v) is 11.7. The van der Waals surface area contributed by atoms with Crippen LogP contribution >= 0.6 is 0 Å². The Morgan fingerprint density at radius 3 is 2.55 bits per heavy atom. The highest BCUT2D eigenvalue weighted by molar-refractivity contribution is 5.81. The van der Waals surface area contributed by atoms with Crippen LogP contribution in [0.2, 0.25) is 0 Å². The molecule has 0 aromatic heterocycles. The molecule has 0 heterocycles. The number of hydrogen-bond donors (Lipinski definition) is 0. The predicted molar refractivity (Wildman–Crippen MR) is 75.9 cm³/mol. The maximum absolute atomic E-state index is 11.4. The van der Waals surface area contributed by atoms with Gasteiger partial charge in [-0.05, 0) is 24.8 Å². The number of esters is 2. The number of unbranched alkanes of at least 4 members (excludes halogenated alkanes) is 2. The van der Waals surface area contributed by atoms with E-state index < -0.39 is 0 Å². The number of carbonyl (C=O) groups excluding carboxylic acids is 2. The Hall–Kier alpha value is -2.10. The first-order valence-corrected chi connectivity index (χ1v) is 6.69. The lowest BCUT2D eigenvalue weighted by atomic mass is 10.2. The van der Waals surface area contributed by atoms with E-state index in [1.165, 1.54) is 13.0 Å². The van der Waals surface area contributed by atoms with Crippen LogP contribution in [0.1, 0.15) is 31.7 Å². The van der Waals surface area contributed by atoms with Crippen molar-refractivity contribution in [1.29, 1.82) is 0 Å². The summed E-state index contributed by atoms with van der Waals surface area (Å²) in [7, 11) is 0. The molecule has 0 aliphatic heterocycles. The number of allylic oxidation sites excluding steroid dienone is 1. The third kappa shape index (κ3) is 8.08. The Morgan fingerprint density at radius 2 is 1.85 bits per heavy atom. The van der Waals surface area contributed by atoms with E-state index in [2.05, 4.69) is 0 Å². The van der Waals surface area contributed by atoms with Crippen molar-refractivity contribution in [2.75, 3.05) is 6.61 Å². The predicted octanol–water partition coefficient (Wildman–Crippen LogP) is 3.02. The molecule has 4 nitrogen and oxygen atoms in total. The average Bonchev–Trinajstić information content (AvgIpc) is 2.45. The Labute approximate surface area is 119 Å². The minimum atomic E-state index is -0.339. The third-order valence-corrected chi connectivity index (χ3v) is 2.55. The van der Waals surface area contributed by atoms with Gasteiger partial charge in [0.25, 0.3) is 0 Å². The fourth-order valence-corrected chi connectivity index (χ4v) is 1.54. The molecule has 4 heteroatoms. The van der Waals surface area contributed by atoms with Gasteiger partial charge in [-0.15, -0.1) is 0 Å². The van der Waals surface area contributed by atoms with Crippen molar-refractivity contribution in [2.24, 2.45) is 0 Å². The first-order chi connectivity index (χ1) is 9.68. The quantitative estimate of drug-likeness (QED) is 0.416. The van der Waals surface area contributed by atoms with Crippen molar-refractivity contribution >= 4 is 11.9 Å².